The van der Waals surface area contributed by atoms with Crippen molar-refractivity contribution in [3.05, 3.63) is 65.2 Å². The molecule has 2 N–H and O–H groups in total. The first kappa shape index (κ1) is 24.4. The lowest BCUT2D eigenvalue weighted by molar-refractivity contribution is -0.168. The number of rotatable bonds is 4. The lowest BCUT2D eigenvalue weighted by Gasteiger charge is -2.33. The fourth-order valence-electron chi connectivity index (χ4n) is 3.62. The fraction of sp³-hybridized carbons (Fsp3) is 0.333. The second-order valence-electron chi connectivity index (χ2n) is 7.45. The summed E-state index contributed by atoms with van der Waals surface area (Å²) >= 11 is 0. The monoisotopic (exact) mass is 475 g/mol. The van der Waals surface area contributed by atoms with E-state index in [1.54, 1.807) is 0 Å². The van der Waals surface area contributed by atoms with Gasteiger partial charge in [-0.25, -0.2) is 10.3 Å². The number of amides is 3. The highest BCUT2D eigenvalue weighted by molar-refractivity contribution is 5.94. The Bertz CT molecular complexity index is 1010. The van der Waals surface area contributed by atoms with Gasteiger partial charge in [0.25, 0.3) is 5.91 Å². The minimum atomic E-state index is -4.72. The third kappa shape index (κ3) is 5.56. The number of carbonyl (C=O) groups excluding carboxylic acids is 2. The molecule has 12 heteroatoms. The number of urea groups is 1. The van der Waals surface area contributed by atoms with Gasteiger partial charge in [0, 0.05) is 17.8 Å². The van der Waals surface area contributed by atoms with Crippen molar-refractivity contribution in [1.82, 2.24) is 10.4 Å². The first-order valence-corrected chi connectivity index (χ1v) is 9.77. The van der Waals surface area contributed by atoms with Gasteiger partial charge in [0.15, 0.2) is 0 Å². The van der Waals surface area contributed by atoms with Crippen LogP contribution in [0, 0.1) is 0 Å². The summed E-state index contributed by atoms with van der Waals surface area (Å²) in [7, 11) is 0. The van der Waals surface area contributed by atoms with Gasteiger partial charge in [-0.15, -0.1) is 0 Å². The Morgan fingerprint density at radius 2 is 1.73 bits per heavy atom. The molecule has 3 rings (SSSR count). The quantitative estimate of drug-likeness (QED) is 0.372. The van der Waals surface area contributed by atoms with Gasteiger partial charge in [-0.2, -0.15) is 26.3 Å². The van der Waals surface area contributed by atoms with E-state index in [0.717, 1.165) is 17.0 Å². The van der Waals surface area contributed by atoms with E-state index in [4.69, 9.17) is 5.21 Å². The number of hydrogen-bond acceptors (Lipinski definition) is 3. The van der Waals surface area contributed by atoms with E-state index >= 15 is 0 Å². The van der Waals surface area contributed by atoms with Crippen LogP contribution in [-0.4, -0.2) is 40.8 Å². The summed E-state index contributed by atoms with van der Waals surface area (Å²) in [6.45, 7) is -0.531. The normalized spacial score (nSPS) is 16.6. The first-order chi connectivity index (χ1) is 15.4. The molecule has 0 bridgehead atoms. The number of alkyl halides is 6. The van der Waals surface area contributed by atoms with Gasteiger partial charge in [-0.05, 0) is 48.7 Å². The molecule has 1 fully saturated rings. The van der Waals surface area contributed by atoms with Crippen LogP contribution < -0.4 is 10.4 Å². The van der Waals surface area contributed by atoms with E-state index in [-0.39, 0.29) is 37.2 Å². The zero-order chi connectivity index (χ0) is 24.4. The maximum atomic E-state index is 13.4. The molecule has 0 saturated carbocycles. The van der Waals surface area contributed by atoms with Crippen molar-refractivity contribution in [3.8, 4) is 0 Å². The molecular formula is C21H19F6N3O3. The third-order valence-electron chi connectivity index (χ3n) is 5.25. The zero-order valence-electron chi connectivity index (χ0n) is 17.0. The Kier molecular flexibility index (Phi) is 6.86. The van der Waals surface area contributed by atoms with Crippen LogP contribution in [0.1, 0.15) is 34.3 Å². The van der Waals surface area contributed by atoms with Crippen molar-refractivity contribution in [2.75, 3.05) is 11.4 Å². The minimum Gasteiger partial charge on any atom is -0.312 e. The van der Waals surface area contributed by atoms with E-state index in [9.17, 15) is 35.9 Å². The number of nitrogens with one attached hydrogen (secondary N) is 1. The maximum absolute atomic E-state index is 13.4. The van der Waals surface area contributed by atoms with Gasteiger partial charge in [0.2, 0.25) is 0 Å². The molecule has 6 nitrogen and oxygen atoms in total. The number of carbonyl (C=O) groups is 2. The average Bonchev–Trinajstić information content (AvgIpc) is 3.27. The Labute approximate surface area is 184 Å². The number of benzene rings is 2. The van der Waals surface area contributed by atoms with Crippen LogP contribution in [0.25, 0.3) is 0 Å². The molecule has 1 aliphatic rings. The summed E-state index contributed by atoms with van der Waals surface area (Å²) in [6.07, 6.45) is -9.58. The second-order valence-corrected chi connectivity index (χ2v) is 7.45. The topological polar surface area (TPSA) is 72.9 Å². The summed E-state index contributed by atoms with van der Waals surface area (Å²) in [5, 5.41) is 8.69. The van der Waals surface area contributed by atoms with E-state index in [1.807, 2.05) is 0 Å². The molecule has 1 heterocycles. The van der Waals surface area contributed by atoms with Crippen LogP contribution >= 0.6 is 0 Å². The number of halogens is 6. The van der Waals surface area contributed by atoms with Crippen LogP contribution in [0.3, 0.4) is 0 Å². The second kappa shape index (κ2) is 9.30. The average molecular weight is 475 g/mol. The number of likely N-dealkylation sites (tertiary alicyclic amines) is 1. The van der Waals surface area contributed by atoms with Gasteiger partial charge in [-0.1, -0.05) is 18.2 Å². The summed E-state index contributed by atoms with van der Waals surface area (Å²) in [4.78, 5) is 26.1. The Morgan fingerprint density at radius 3 is 2.30 bits per heavy atom. The summed E-state index contributed by atoms with van der Waals surface area (Å²) < 4.78 is 79.9. The molecule has 0 aliphatic carbocycles. The predicted molar refractivity (Wildman–Crippen MR) is 105 cm³/mol. The molecule has 3 amide bonds. The molecule has 33 heavy (non-hydrogen) atoms. The summed E-state index contributed by atoms with van der Waals surface area (Å²) in [6, 6.07) is 6.01. The molecule has 0 aromatic heterocycles. The summed E-state index contributed by atoms with van der Waals surface area (Å²) in [5.41, 5.74) is 0.572. The maximum Gasteiger partial charge on any atom is 0.416 e. The highest BCUT2D eigenvalue weighted by atomic mass is 19.4. The van der Waals surface area contributed by atoms with Crippen LogP contribution in [0.5, 0.6) is 0 Å². The van der Waals surface area contributed by atoms with Crippen molar-refractivity contribution in [2.24, 2.45) is 0 Å². The summed E-state index contributed by atoms with van der Waals surface area (Å²) in [5.74, 6) is -0.808. The highest BCUT2D eigenvalue weighted by Gasteiger charge is 2.48. The Morgan fingerprint density at radius 1 is 1.06 bits per heavy atom. The third-order valence-corrected chi connectivity index (χ3v) is 5.25. The molecule has 0 spiro atoms. The molecule has 0 radical (unpaired) electrons. The zero-order valence-corrected chi connectivity index (χ0v) is 17.0. The van der Waals surface area contributed by atoms with E-state index in [2.05, 4.69) is 0 Å². The SMILES string of the molecule is O=C(NO)c1ccc(CN(C(=O)N2CCC[C@H]2C(F)(F)F)c2cccc(C(F)(F)F)c2)cc1. The number of nitrogens with zero attached hydrogens (tertiary/aromatic N) is 2. The lowest BCUT2D eigenvalue weighted by atomic mass is 10.1. The van der Waals surface area contributed by atoms with E-state index in [1.165, 1.54) is 35.8 Å². The standard InChI is InChI=1S/C21H19F6N3O3/c22-20(23,24)15-3-1-4-16(11-15)30(12-13-6-8-14(9-7-13)18(31)28-33)19(32)29-10-2-5-17(29)21(25,26)27/h1,3-4,6-9,11,17,33H,2,5,10,12H2,(H,28,31)/t17-/m0/s1. The first-order valence-electron chi connectivity index (χ1n) is 9.77. The van der Waals surface area contributed by atoms with Gasteiger partial charge in [0.05, 0.1) is 12.1 Å². The molecular weight excluding hydrogens is 456 g/mol. The molecule has 1 atom stereocenters. The van der Waals surface area contributed by atoms with Crippen molar-refractivity contribution < 1.29 is 41.1 Å². The lowest BCUT2D eigenvalue weighted by Crippen LogP contribution is -2.50. The molecule has 0 unspecified atom stereocenters. The molecule has 1 aliphatic heterocycles. The van der Waals surface area contributed by atoms with Gasteiger partial charge < -0.3 is 4.90 Å². The van der Waals surface area contributed by atoms with Crippen LogP contribution in [0.2, 0.25) is 0 Å². The number of hydroxylamine groups is 1. The predicted octanol–water partition coefficient (Wildman–Crippen LogP) is 4.98. The molecule has 2 aromatic rings. The minimum absolute atomic E-state index is 0.0647. The molecule has 1 saturated heterocycles. The fourth-order valence-corrected chi connectivity index (χ4v) is 3.62. The highest BCUT2D eigenvalue weighted by Crippen LogP contribution is 2.36. The molecule has 178 valence electrons. The van der Waals surface area contributed by atoms with E-state index in [0.29, 0.717) is 16.5 Å². The molecule has 2 aromatic carbocycles. The largest absolute Gasteiger partial charge is 0.416 e. The van der Waals surface area contributed by atoms with Crippen molar-refractivity contribution in [2.45, 2.75) is 37.8 Å². The Balaban J connectivity index is 1.98. The van der Waals surface area contributed by atoms with Gasteiger partial charge >= 0.3 is 18.4 Å². The van der Waals surface area contributed by atoms with Crippen LogP contribution in [0.4, 0.5) is 36.8 Å². The van der Waals surface area contributed by atoms with E-state index < -0.39 is 35.9 Å². The van der Waals surface area contributed by atoms with Gasteiger partial charge in [0.1, 0.15) is 6.04 Å². The van der Waals surface area contributed by atoms with Crippen LogP contribution in [0.15, 0.2) is 48.5 Å². The number of anilines is 1. The Hall–Kier alpha value is -3.28. The van der Waals surface area contributed by atoms with Gasteiger partial charge in [-0.3, -0.25) is 14.9 Å². The van der Waals surface area contributed by atoms with Crippen molar-refractivity contribution in [1.29, 1.82) is 0 Å². The number of hydrogen-bond donors (Lipinski definition) is 2. The smallest absolute Gasteiger partial charge is 0.312 e. The van der Waals surface area contributed by atoms with Crippen molar-refractivity contribution in [3.63, 3.8) is 0 Å². The van der Waals surface area contributed by atoms with Crippen molar-refractivity contribution >= 4 is 17.6 Å². The van der Waals surface area contributed by atoms with Crippen LogP contribution in [-0.2, 0) is 12.7 Å².